The van der Waals surface area contributed by atoms with Crippen LogP contribution < -0.4 is 5.32 Å². The lowest BCUT2D eigenvalue weighted by Crippen LogP contribution is -2.33. The Kier molecular flexibility index (Phi) is 4.95. The van der Waals surface area contributed by atoms with E-state index >= 15 is 0 Å². The molecule has 1 fully saturated rings. The zero-order valence-corrected chi connectivity index (χ0v) is 14.4. The Labute approximate surface area is 146 Å². The zero-order chi connectivity index (χ0) is 16.4. The number of benzene rings is 1. The van der Waals surface area contributed by atoms with Crippen molar-refractivity contribution in [3.63, 3.8) is 0 Å². The van der Waals surface area contributed by atoms with Crippen molar-refractivity contribution in [2.24, 2.45) is 7.05 Å². The number of hydrogen-bond donors (Lipinski definition) is 1. The Morgan fingerprint density at radius 1 is 1.30 bits per heavy atom. The van der Waals surface area contributed by atoms with Crippen LogP contribution in [0, 0.1) is 0 Å². The van der Waals surface area contributed by atoms with Crippen LogP contribution in [0.15, 0.2) is 36.5 Å². The van der Waals surface area contributed by atoms with Crippen LogP contribution in [0.1, 0.15) is 24.6 Å². The van der Waals surface area contributed by atoms with Gasteiger partial charge in [0.15, 0.2) is 0 Å². The number of aryl methyl sites for hydroxylation is 1. The molecule has 2 heterocycles. The molecule has 0 unspecified atom stereocenters. The minimum absolute atomic E-state index is 0.0514. The number of anilines is 1. The van der Waals surface area contributed by atoms with Gasteiger partial charge in [0.2, 0.25) is 5.91 Å². The maximum atomic E-state index is 12.3. The highest BCUT2D eigenvalue weighted by Crippen LogP contribution is 2.31. The molecule has 1 amide bonds. The average Bonchev–Trinajstić information content (AvgIpc) is 3.06. The summed E-state index contributed by atoms with van der Waals surface area (Å²) in [6, 6.07) is 9.50. The van der Waals surface area contributed by atoms with Crippen LogP contribution in [0.25, 0.3) is 0 Å². The molecule has 0 radical (unpaired) electrons. The Morgan fingerprint density at radius 2 is 2.04 bits per heavy atom. The van der Waals surface area contributed by atoms with Gasteiger partial charge in [0.1, 0.15) is 0 Å². The third-order valence-electron chi connectivity index (χ3n) is 4.18. The van der Waals surface area contributed by atoms with E-state index in [4.69, 9.17) is 23.2 Å². The van der Waals surface area contributed by atoms with E-state index in [2.05, 4.69) is 20.9 Å². The first-order valence-electron chi connectivity index (χ1n) is 7.64. The van der Waals surface area contributed by atoms with Gasteiger partial charge in [-0.2, -0.15) is 0 Å². The predicted molar refractivity (Wildman–Crippen MR) is 94.1 cm³/mol. The largest absolute Gasteiger partial charge is 0.353 e. The summed E-state index contributed by atoms with van der Waals surface area (Å²) < 4.78 is 2.12. The third kappa shape index (κ3) is 3.89. The molecule has 0 aliphatic carbocycles. The van der Waals surface area contributed by atoms with E-state index in [9.17, 15) is 4.79 Å². The van der Waals surface area contributed by atoms with E-state index in [-0.39, 0.29) is 5.91 Å². The number of likely N-dealkylation sites (tertiary alicyclic amines) is 1. The van der Waals surface area contributed by atoms with Crippen LogP contribution in [0.4, 0.5) is 5.69 Å². The summed E-state index contributed by atoms with van der Waals surface area (Å²) in [7, 11) is 2.04. The van der Waals surface area contributed by atoms with Gasteiger partial charge >= 0.3 is 0 Å². The summed E-state index contributed by atoms with van der Waals surface area (Å²) in [5, 5.41) is 3.89. The molecule has 1 N–H and O–H groups in total. The Morgan fingerprint density at radius 3 is 2.70 bits per heavy atom. The summed E-state index contributed by atoms with van der Waals surface area (Å²) in [6.45, 7) is 1.29. The number of aromatic nitrogens is 1. The van der Waals surface area contributed by atoms with Gasteiger partial charge in [-0.05, 0) is 49.7 Å². The van der Waals surface area contributed by atoms with Gasteiger partial charge in [0.25, 0.3) is 0 Å². The summed E-state index contributed by atoms with van der Waals surface area (Å²) in [5.41, 5.74) is 1.88. The molecule has 1 aromatic carbocycles. The number of hydrogen-bond acceptors (Lipinski definition) is 2. The monoisotopic (exact) mass is 351 g/mol. The predicted octanol–water partition coefficient (Wildman–Crippen LogP) is 4.11. The van der Waals surface area contributed by atoms with Crippen LogP contribution in [0.5, 0.6) is 0 Å². The van der Waals surface area contributed by atoms with Gasteiger partial charge in [-0.1, -0.05) is 23.2 Å². The summed E-state index contributed by atoms with van der Waals surface area (Å²) in [5.74, 6) is -0.0514. The maximum absolute atomic E-state index is 12.3. The SMILES string of the molecule is Cn1cccc1[C@H]1CCCN1CC(=O)Nc1cc(Cl)cc(Cl)c1. The Hall–Kier alpha value is -1.49. The molecule has 1 saturated heterocycles. The van der Waals surface area contributed by atoms with E-state index in [1.165, 1.54) is 5.69 Å². The molecule has 3 rings (SSSR count). The zero-order valence-electron chi connectivity index (χ0n) is 12.9. The van der Waals surface area contributed by atoms with Crippen LogP contribution in [0.2, 0.25) is 10.0 Å². The lowest BCUT2D eigenvalue weighted by atomic mass is 10.1. The number of nitrogens with one attached hydrogen (secondary N) is 1. The van der Waals surface area contributed by atoms with Crippen molar-refractivity contribution in [3.05, 3.63) is 52.3 Å². The Balaban J connectivity index is 1.66. The minimum atomic E-state index is -0.0514. The third-order valence-corrected chi connectivity index (χ3v) is 4.62. The molecular weight excluding hydrogens is 333 g/mol. The van der Waals surface area contributed by atoms with Crippen molar-refractivity contribution in [2.75, 3.05) is 18.4 Å². The number of amides is 1. The first kappa shape index (κ1) is 16.4. The molecule has 1 aliphatic heterocycles. The van der Waals surface area contributed by atoms with Crippen molar-refractivity contribution < 1.29 is 4.79 Å². The van der Waals surface area contributed by atoms with E-state index in [1.54, 1.807) is 18.2 Å². The first-order valence-corrected chi connectivity index (χ1v) is 8.40. The van der Waals surface area contributed by atoms with Gasteiger partial charge in [0, 0.05) is 34.7 Å². The molecule has 1 atom stereocenters. The topological polar surface area (TPSA) is 37.3 Å². The molecule has 0 bridgehead atoms. The van der Waals surface area contributed by atoms with Gasteiger partial charge in [-0.25, -0.2) is 0 Å². The summed E-state index contributed by atoms with van der Waals surface area (Å²) in [4.78, 5) is 14.6. The van der Waals surface area contributed by atoms with Crippen molar-refractivity contribution >= 4 is 34.8 Å². The number of carbonyl (C=O) groups is 1. The van der Waals surface area contributed by atoms with Gasteiger partial charge in [-0.3, -0.25) is 9.69 Å². The molecule has 2 aromatic rings. The number of nitrogens with zero attached hydrogens (tertiary/aromatic N) is 2. The molecule has 6 heteroatoms. The molecule has 0 saturated carbocycles. The number of carbonyl (C=O) groups excluding carboxylic acids is 1. The second kappa shape index (κ2) is 6.95. The number of halogens is 2. The van der Waals surface area contributed by atoms with Crippen molar-refractivity contribution in [1.29, 1.82) is 0 Å². The summed E-state index contributed by atoms with van der Waals surface area (Å²) >= 11 is 11.9. The van der Waals surface area contributed by atoms with E-state index in [0.717, 1.165) is 19.4 Å². The van der Waals surface area contributed by atoms with Crippen LogP contribution in [-0.4, -0.2) is 28.5 Å². The highest BCUT2D eigenvalue weighted by atomic mass is 35.5. The average molecular weight is 352 g/mol. The minimum Gasteiger partial charge on any atom is -0.353 e. The fourth-order valence-electron chi connectivity index (χ4n) is 3.18. The lowest BCUT2D eigenvalue weighted by Gasteiger charge is -2.24. The normalized spacial score (nSPS) is 18.3. The van der Waals surface area contributed by atoms with Crippen LogP contribution in [0.3, 0.4) is 0 Å². The number of rotatable bonds is 4. The van der Waals surface area contributed by atoms with E-state index in [1.807, 2.05) is 19.3 Å². The molecule has 1 aromatic heterocycles. The van der Waals surface area contributed by atoms with Crippen LogP contribution >= 0.6 is 23.2 Å². The first-order chi connectivity index (χ1) is 11.0. The molecule has 4 nitrogen and oxygen atoms in total. The maximum Gasteiger partial charge on any atom is 0.238 e. The lowest BCUT2D eigenvalue weighted by molar-refractivity contribution is -0.117. The second-order valence-corrected chi connectivity index (χ2v) is 6.75. The van der Waals surface area contributed by atoms with Crippen molar-refractivity contribution in [2.45, 2.75) is 18.9 Å². The molecule has 0 spiro atoms. The smallest absolute Gasteiger partial charge is 0.238 e. The van der Waals surface area contributed by atoms with E-state index in [0.29, 0.717) is 28.3 Å². The summed E-state index contributed by atoms with van der Waals surface area (Å²) in [6.07, 6.45) is 4.22. The van der Waals surface area contributed by atoms with Gasteiger partial charge in [0.05, 0.1) is 12.6 Å². The Bertz CT molecular complexity index is 693. The highest BCUT2D eigenvalue weighted by molar-refractivity contribution is 6.35. The van der Waals surface area contributed by atoms with Crippen LogP contribution in [-0.2, 0) is 11.8 Å². The quantitative estimate of drug-likeness (QED) is 0.899. The van der Waals surface area contributed by atoms with E-state index < -0.39 is 0 Å². The molecule has 1 aliphatic rings. The molecule has 122 valence electrons. The van der Waals surface area contributed by atoms with Gasteiger partial charge in [-0.15, -0.1) is 0 Å². The fraction of sp³-hybridized carbons (Fsp3) is 0.353. The standard InChI is InChI=1S/C17H19Cl2N3O/c1-21-6-2-4-15(21)16-5-3-7-22(16)11-17(23)20-14-9-12(18)8-13(19)10-14/h2,4,6,8-10,16H,3,5,7,11H2,1H3,(H,20,23)/t16-/m1/s1. The molecule has 23 heavy (non-hydrogen) atoms. The van der Waals surface area contributed by atoms with Crippen molar-refractivity contribution in [1.82, 2.24) is 9.47 Å². The highest BCUT2D eigenvalue weighted by Gasteiger charge is 2.28. The fourth-order valence-corrected chi connectivity index (χ4v) is 3.71. The van der Waals surface area contributed by atoms with Crippen molar-refractivity contribution in [3.8, 4) is 0 Å². The second-order valence-electron chi connectivity index (χ2n) is 5.88. The molecular formula is C17H19Cl2N3O. The van der Waals surface area contributed by atoms with Gasteiger partial charge < -0.3 is 9.88 Å².